The third-order valence-electron chi connectivity index (χ3n) is 4.20. The lowest BCUT2D eigenvalue weighted by atomic mass is 10.00. The molecular formula is C17H20ClN3O5S. The topological polar surface area (TPSA) is 125 Å². The summed E-state index contributed by atoms with van der Waals surface area (Å²) in [6, 6.07) is 6.34. The summed E-state index contributed by atoms with van der Waals surface area (Å²) in [4.78, 5) is 23.9. The predicted octanol–water partition coefficient (Wildman–Crippen LogP) is 1.50. The van der Waals surface area contributed by atoms with E-state index in [1.165, 1.54) is 31.2 Å². The van der Waals surface area contributed by atoms with Crippen LogP contribution in [0.4, 0.5) is 0 Å². The van der Waals surface area contributed by atoms with Crippen LogP contribution in [0.3, 0.4) is 0 Å². The molecule has 0 heterocycles. The van der Waals surface area contributed by atoms with E-state index >= 15 is 0 Å². The number of esters is 1. The standard InChI is InChI=1S/C17H20ClN3O5S/c1-12(21-27(24,25)14-6-4-13(18)5-7-14)16(23)26-10-15(22)20-17(11-19)8-2-3-9-17/h4-7,12,21H,2-3,8-10H2,1H3,(H,20,22)/t12-/m0/s1. The molecule has 1 aliphatic rings. The zero-order valence-electron chi connectivity index (χ0n) is 14.7. The van der Waals surface area contributed by atoms with Crippen LogP contribution in [0.2, 0.25) is 5.02 Å². The zero-order valence-corrected chi connectivity index (χ0v) is 16.3. The molecule has 1 aliphatic carbocycles. The van der Waals surface area contributed by atoms with Crippen LogP contribution in [0.1, 0.15) is 32.6 Å². The highest BCUT2D eigenvalue weighted by atomic mass is 35.5. The van der Waals surface area contributed by atoms with Crippen LogP contribution in [-0.4, -0.2) is 38.5 Å². The number of rotatable bonds is 7. The number of ether oxygens (including phenoxy) is 1. The van der Waals surface area contributed by atoms with Crippen LogP contribution in [0.5, 0.6) is 0 Å². The van der Waals surface area contributed by atoms with Crippen LogP contribution in [0.15, 0.2) is 29.2 Å². The van der Waals surface area contributed by atoms with Gasteiger partial charge in [0.1, 0.15) is 11.6 Å². The van der Waals surface area contributed by atoms with Crippen LogP contribution in [0.25, 0.3) is 0 Å². The van der Waals surface area contributed by atoms with Gasteiger partial charge in [-0.15, -0.1) is 0 Å². The van der Waals surface area contributed by atoms with E-state index in [1.807, 2.05) is 0 Å². The molecule has 0 bridgehead atoms. The summed E-state index contributed by atoms with van der Waals surface area (Å²) in [6.45, 7) is 0.719. The van der Waals surface area contributed by atoms with E-state index in [-0.39, 0.29) is 4.90 Å². The zero-order chi connectivity index (χ0) is 20.1. The van der Waals surface area contributed by atoms with Gasteiger partial charge in [0, 0.05) is 5.02 Å². The van der Waals surface area contributed by atoms with E-state index in [1.54, 1.807) is 0 Å². The smallest absolute Gasteiger partial charge is 0.324 e. The van der Waals surface area contributed by atoms with Crippen LogP contribution in [-0.2, 0) is 24.3 Å². The number of sulfonamides is 1. The fourth-order valence-electron chi connectivity index (χ4n) is 2.77. The Morgan fingerprint density at radius 2 is 1.89 bits per heavy atom. The quantitative estimate of drug-likeness (QED) is 0.652. The number of nitriles is 1. The summed E-state index contributed by atoms with van der Waals surface area (Å²) in [5.41, 5.74) is -0.911. The van der Waals surface area contributed by atoms with E-state index in [9.17, 15) is 23.3 Å². The van der Waals surface area contributed by atoms with Crippen molar-refractivity contribution in [3.05, 3.63) is 29.3 Å². The van der Waals surface area contributed by atoms with Gasteiger partial charge < -0.3 is 10.1 Å². The van der Waals surface area contributed by atoms with Crippen molar-refractivity contribution >= 4 is 33.5 Å². The minimum atomic E-state index is -3.95. The Morgan fingerprint density at radius 3 is 2.44 bits per heavy atom. The highest BCUT2D eigenvalue weighted by molar-refractivity contribution is 7.89. The molecule has 27 heavy (non-hydrogen) atoms. The highest BCUT2D eigenvalue weighted by Crippen LogP contribution is 2.28. The molecule has 0 aromatic heterocycles. The molecule has 2 rings (SSSR count). The van der Waals surface area contributed by atoms with Crippen molar-refractivity contribution in [1.29, 1.82) is 5.26 Å². The normalized spacial score (nSPS) is 16.9. The average molecular weight is 414 g/mol. The van der Waals surface area contributed by atoms with Crippen LogP contribution >= 0.6 is 11.6 Å². The van der Waals surface area contributed by atoms with Gasteiger partial charge in [-0.05, 0) is 56.9 Å². The Balaban J connectivity index is 1.87. The lowest BCUT2D eigenvalue weighted by molar-refractivity contribution is -0.150. The highest BCUT2D eigenvalue weighted by Gasteiger charge is 2.35. The van der Waals surface area contributed by atoms with E-state index in [2.05, 4.69) is 16.1 Å². The minimum absolute atomic E-state index is 0.0542. The van der Waals surface area contributed by atoms with Crippen molar-refractivity contribution in [2.75, 3.05) is 6.61 Å². The molecule has 146 valence electrons. The number of hydrogen-bond donors (Lipinski definition) is 2. The number of halogens is 1. The molecule has 1 amide bonds. The molecule has 1 aromatic rings. The minimum Gasteiger partial charge on any atom is -0.454 e. The average Bonchev–Trinajstić information content (AvgIpc) is 3.08. The third-order valence-corrected chi connectivity index (χ3v) is 6.01. The lowest BCUT2D eigenvalue weighted by Gasteiger charge is -2.22. The fraction of sp³-hybridized carbons (Fsp3) is 0.471. The van der Waals surface area contributed by atoms with Gasteiger partial charge in [0.2, 0.25) is 10.0 Å². The molecule has 1 saturated carbocycles. The van der Waals surface area contributed by atoms with E-state index < -0.39 is 40.1 Å². The number of carbonyl (C=O) groups is 2. The SMILES string of the molecule is C[C@H](NS(=O)(=O)c1ccc(Cl)cc1)C(=O)OCC(=O)NC1(C#N)CCCC1. The number of carbonyl (C=O) groups excluding carboxylic acids is 2. The molecule has 8 nitrogen and oxygen atoms in total. The van der Waals surface area contributed by atoms with Crippen molar-refractivity contribution < 1.29 is 22.7 Å². The summed E-state index contributed by atoms with van der Waals surface area (Å²) >= 11 is 5.72. The lowest BCUT2D eigenvalue weighted by Crippen LogP contribution is -2.47. The predicted molar refractivity (Wildman–Crippen MR) is 97.1 cm³/mol. The molecule has 1 fully saturated rings. The number of hydrogen-bond acceptors (Lipinski definition) is 6. The summed E-state index contributed by atoms with van der Waals surface area (Å²) < 4.78 is 31.5. The van der Waals surface area contributed by atoms with E-state index in [0.29, 0.717) is 17.9 Å². The number of nitrogens with one attached hydrogen (secondary N) is 2. The maximum Gasteiger partial charge on any atom is 0.324 e. The Hall–Kier alpha value is -2.15. The van der Waals surface area contributed by atoms with Gasteiger partial charge in [-0.3, -0.25) is 9.59 Å². The number of benzene rings is 1. The molecule has 2 N–H and O–H groups in total. The number of amides is 1. The molecular weight excluding hydrogens is 394 g/mol. The molecule has 0 spiro atoms. The van der Waals surface area contributed by atoms with Crippen molar-refractivity contribution in [3.63, 3.8) is 0 Å². The van der Waals surface area contributed by atoms with Gasteiger partial charge in [-0.25, -0.2) is 8.42 Å². The molecule has 10 heteroatoms. The number of nitrogens with zero attached hydrogens (tertiary/aromatic N) is 1. The van der Waals surface area contributed by atoms with Gasteiger partial charge >= 0.3 is 5.97 Å². The monoisotopic (exact) mass is 413 g/mol. The second-order valence-electron chi connectivity index (χ2n) is 6.35. The summed E-state index contributed by atoms with van der Waals surface area (Å²) in [5, 5.41) is 12.2. The van der Waals surface area contributed by atoms with E-state index in [0.717, 1.165) is 12.8 Å². The van der Waals surface area contributed by atoms with Crippen molar-refractivity contribution in [2.24, 2.45) is 0 Å². The Bertz CT molecular complexity index is 842. The Morgan fingerprint density at radius 1 is 1.30 bits per heavy atom. The van der Waals surface area contributed by atoms with Gasteiger partial charge in [-0.2, -0.15) is 9.98 Å². The second-order valence-corrected chi connectivity index (χ2v) is 8.50. The molecule has 1 aromatic carbocycles. The van der Waals surface area contributed by atoms with Gasteiger partial charge in [0.25, 0.3) is 5.91 Å². The van der Waals surface area contributed by atoms with Crippen molar-refractivity contribution in [2.45, 2.75) is 49.1 Å². The maximum absolute atomic E-state index is 12.2. The second kappa shape index (κ2) is 8.69. The summed E-state index contributed by atoms with van der Waals surface area (Å²) in [6.07, 6.45) is 2.80. The van der Waals surface area contributed by atoms with Crippen molar-refractivity contribution in [3.8, 4) is 6.07 Å². The summed E-state index contributed by atoms with van der Waals surface area (Å²) in [7, 11) is -3.95. The first kappa shape index (κ1) is 21.2. The largest absolute Gasteiger partial charge is 0.454 e. The first-order valence-electron chi connectivity index (χ1n) is 8.34. The Labute approximate surface area is 162 Å². The summed E-state index contributed by atoms with van der Waals surface area (Å²) in [5.74, 6) is -1.50. The van der Waals surface area contributed by atoms with Crippen LogP contribution in [0, 0.1) is 11.3 Å². The first-order chi connectivity index (χ1) is 12.7. The Kier molecular flexibility index (Phi) is 6.81. The molecule has 0 aliphatic heterocycles. The molecule has 1 atom stereocenters. The fourth-order valence-corrected chi connectivity index (χ4v) is 4.09. The third kappa shape index (κ3) is 5.66. The molecule has 0 saturated heterocycles. The van der Waals surface area contributed by atoms with Crippen molar-refractivity contribution in [1.82, 2.24) is 10.0 Å². The first-order valence-corrected chi connectivity index (χ1v) is 10.2. The van der Waals surface area contributed by atoms with Gasteiger partial charge in [0.05, 0.1) is 11.0 Å². The molecule has 0 radical (unpaired) electrons. The van der Waals surface area contributed by atoms with E-state index in [4.69, 9.17) is 16.3 Å². The van der Waals surface area contributed by atoms with Crippen LogP contribution < -0.4 is 10.0 Å². The van der Waals surface area contributed by atoms with Gasteiger partial charge in [0.15, 0.2) is 6.61 Å². The maximum atomic E-state index is 12.2. The van der Waals surface area contributed by atoms with Gasteiger partial charge in [-0.1, -0.05) is 11.6 Å². The molecule has 0 unspecified atom stereocenters.